The third-order valence-corrected chi connectivity index (χ3v) is 7.09. The summed E-state index contributed by atoms with van der Waals surface area (Å²) in [6, 6.07) is 30.6. The summed E-state index contributed by atoms with van der Waals surface area (Å²) >= 11 is 0. The molecule has 3 aromatic carbocycles. The Morgan fingerprint density at radius 2 is 1.00 bits per heavy atom. The maximum Gasteiger partial charge on any atom is 4.00 e. The van der Waals surface area contributed by atoms with Crippen molar-refractivity contribution < 1.29 is 26.2 Å². The van der Waals surface area contributed by atoms with Crippen LogP contribution < -0.4 is 0 Å². The van der Waals surface area contributed by atoms with Crippen molar-refractivity contribution in [2.45, 2.75) is 33.6 Å². The minimum Gasteiger partial charge on any atom is -0.684 e. The van der Waals surface area contributed by atoms with Crippen LogP contribution in [-0.4, -0.2) is 13.1 Å². The first kappa shape index (κ1) is 28.3. The Hall–Kier alpha value is -1.99. The van der Waals surface area contributed by atoms with Crippen molar-refractivity contribution in [1.82, 2.24) is 0 Å². The topological polar surface area (TPSA) is 28.2 Å². The minimum absolute atomic E-state index is 0. The van der Waals surface area contributed by atoms with Crippen LogP contribution in [-0.2, 0) is 26.2 Å². The molecule has 0 saturated heterocycles. The third-order valence-electron chi connectivity index (χ3n) is 7.09. The van der Waals surface area contributed by atoms with Gasteiger partial charge in [-0.25, -0.2) is 0 Å². The van der Waals surface area contributed by atoms with Gasteiger partial charge in [0, 0.05) is 0 Å². The summed E-state index contributed by atoms with van der Waals surface area (Å²) < 4.78 is 0. The predicted molar refractivity (Wildman–Crippen MR) is 143 cm³/mol. The molecule has 4 unspecified atom stereocenters. The van der Waals surface area contributed by atoms with Crippen LogP contribution in [0.25, 0.3) is 10.6 Å². The van der Waals surface area contributed by atoms with Crippen LogP contribution in [0, 0.1) is 36.5 Å². The molecule has 0 spiro atoms. The zero-order valence-electron chi connectivity index (χ0n) is 20.9. The molecular formula is C31H38N2Zr. The molecular weight excluding hydrogens is 492 g/mol. The van der Waals surface area contributed by atoms with Crippen molar-refractivity contribution in [1.29, 1.82) is 0 Å². The number of nitrogens with zero attached hydrogens (tertiary/aromatic N) is 2. The molecule has 2 nitrogen and oxygen atoms in total. The Morgan fingerprint density at radius 3 is 1.32 bits per heavy atom. The molecule has 4 rings (SSSR count). The largest absolute Gasteiger partial charge is 4.00 e. The van der Waals surface area contributed by atoms with Gasteiger partial charge < -0.3 is 16.6 Å². The van der Waals surface area contributed by atoms with Crippen molar-refractivity contribution >= 4 is 11.4 Å². The van der Waals surface area contributed by atoms with Gasteiger partial charge in [0.15, 0.2) is 0 Å². The van der Waals surface area contributed by atoms with Gasteiger partial charge in [0.25, 0.3) is 0 Å². The fraction of sp³-hybridized carbons (Fsp3) is 0.355. The van der Waals surface area contributed by atoms with E-state index in [4.69, 9.17) is 10.6 Å². The Kier molecular flexibility index (Phi) is 12.5. The first-order valence-corrected chi connectivity index (χ1v) is 12.2. The molecule has 0 bridgehead atoms. The Labute approximate surface area is 227 Å². The van der Waals surface area contributed by atoms with Crippen LogP contribution in [0.3, 0.4) is 0 Å². The van der Waals surface area contributed by atoms with E-state index in [9.17, 15) is 0 Å². The van der Waals surface area contributed by atoms with Gasteiger partial charge >= 0.3 is 26.2 Å². The molecule has 1 saturated carbocycles. The summed E-state index contributed by atoms with van der Waals surface area (Å²) in [6.07, 6.45) is 2.33. The standard InChI is InChI=1S/C24H31N2.C7H7.Zr/c1-18-19(2)24(15-17-26-22-12-8-5-9-13-22)20(3)23(18)14-16-25-21-10-6-4-7-11-21;1-7-5-3-2-4-6-7;/h4-13,18-19,23-24H,14-17H2,1-3H3;2-6H,1H2;/q-3;-1;+4. The van der Waals surface area contributed by atoms with E-state index in [-0.39, 0.29) is 26.2 Å². The fourth-order valence-electron chi connectivity index (χ4n) is 5.03. The summed E-state index contributed by atoms with van der Waals surface area (Å²) in [5.41, 5.74) is 3.27. The molecule has 1 aliphatic carbocycles. The van der Waals surface area contributed by atoms with Gasteiger partial charge in [0.1, 0.15) is 0 Å². The Balaban J connectivity index is 0.000000439. The molecule has 0 aliphatic heterocycles. The smallest absolute Gasteiger partial charge is 0.684 e. The van der Waals surface area contributed by atoms with E-state index >= 15 is 0 Å². The van der Waals surface area contributed by atoms with E-state index in [1.165, 1.54) is 12.8 Å². The van der Waals surface area contributed by atoms with Crippen LogP contribution in [0.4, 0.5) is 11.4 Å². The quantitative estimate of drug-likeness (QED) is 0.260. The zero-order valence-corrected chi connectivity index (χ0v) is 23.4. The van der Waals surface area contributed by atoms with E-state index in [0.717, 1.165) is 41.9 Å². The number of rotatable bonds is 8. The molecule has 1 fully saturated rings. The van der Waals surface area contributed by atoms with Crippen LogP contribution in [0.15, 0.2) is 91.0 Å². The number of para-hydroxylation sites is 2. The number of benzene rings is 3. The van der Waals surface area contributed by atoms with E-state index < -0.39 is 0 Å². The second-order valence-corrected chi connectivity index (χ2v) is 9.17. The van der Waals surface area contributed by atoms with Crippen LogP contribution >= 0.6 is 0 Å². The van der Waals surface area contributed by atoms with Gasteiger partial charge in [-0.15, -0.1) is 36.6 Å². The summed E-state index contributed by atoms with van der Waals surface area (Å²) in [5, 5.41) is 9.52. The summed E-state index contributed by atoms with van der Waals surface area (Å²) in [5.74, 6) is 4.54. The second kappa shape index (κ2) is 15.1. The molecule has 176 valence electrons. The van der Waals surface area contributed by atoms with Crippen LogP contribution in [0.2, 0.25) is 0 Å². The maximum absolute atomic E-state index is 4.76. The second-order valence-electron chi connectivity index (χ2n) is 9.17. The molecule has 0 heterocycles. The van der Waals surface area contributed by atoms with Gasteiger partial charge in [0.05, 0.1) is 0 Å². The predicted octanol–water partition coefficient (Wildman–Crippen LogP) is 9.16. The molecule has 1 aliphatic rings. The van der Waals surface area contributed by atoms with Crippen LogP contribution in [0.1, 0.15) is 39.2 Å². The molecule has 0 aromatic heterocycles. The van der Waals surface area contributed by atoms with Gasteiger partial charge in [-0.3, -0.25) is 0 Å². The minimum atomic E-state index is 0. The summed E-state index contributed by atoms with van der Waals surface area (Å²) in [6.45, 7) is 12.8. The van der Waals surface area contributed by atoms with Gasteiger partial charge in [-0.05, 0) is 0 Å². The number of hydrogen-bond donors (Lipinski definition) is 0. The van der Waals surface area contributed by atoms with Crippen LogP contribution in [0.5, 0.6) is 0 Å². The van der Waals surface area contributed by atoms with E-state index in [2.05, 4.69) is 76.2 Å². The normalized spacial score (nSPS) is 21.6. The SMILES string of the molecule is C[C-]1C(CC[N-]c2ccccc2)C(C)C(C)C1CC[N-]c1ccccc1.[CH2-]c1ccccc1.[Zr+4]. The van der Waals surface area contributed by atoms with Gasteiger partial charge in [-0.1, -0.05) is 105 Å². The number of hydrogen-bond acceptors (Lipinski definition) is 0. The van der Waals surface area contributed by atoms with E-state index in [1.807, 2.05) is 42.5 Å². The third kappa shape index (κ3) is 8.66. The average Bonchev–Trinajstić information content (AvgIpc) is 3.04. The van der Waals surface area contributed by atoms with Crippen molar-refractivity contribution in [3.63, 3.8) is 0 Å². The monoisotopic (exact) mass is 528 g/mol. The maximum atomic E-state index is 4.76. The Morgan fingerprint density at radius 1 is 0.647 bits per heavy atom. The first-order chi connectivity index (χ1) is 16.1. The van der Waals surface area contributed by atoms with E-state index in [1.54, 1.807) is 5.92 Å². The molecule has 0 radical (unpaired) electrons. The van der Waals surface area contributed by atoms with Crippen molar-refractivity contribution in [3.05, 3.63) is 120 Å². The van der Waals surface area contributed by atoms with Gasteiger partial charge in [-0.2, -0.15) is 43.4 Å². The van der Waals surface area contributed by atoms with Crippen molar-refractivity contribution in [2.24, 2.45) is 23.7 Å². The zero-order chi connectivity index (χ0) is 23.5. The van der Waals surface area contributed by atoms with Gasteiger partial charge in [0.2, 0.25) is 0 Å². The Bertz CT molecular complexity index is 843. The molecule has 3 heteroatoms. The van der Waals surface area contributed by atoms with Crippen molar-refractivity contribution in [3.8, 4) is 0 Å². The van der Waals surface area contributed by atoms with E-state index in [0.29, 0.717) is 11.8 Å². The summed E-state index contributed by atoms with van der Waals surface area (Å²) in [4.78, 5) is 0. The summed E-state index contributed by atoms with van der Waals surface area (Å²) in [7, 11) is 0. The molecule has 4 atom stereocenters. The first-order valence-electron chi connectivity index (χ1n) is 12.2. The van der Waals surface area contributed by atoms with Crippen molar-refractivity contribution in [2.75, 3.05) is 13.1 Å². The molecule has 0 N–H and O–H groups in total. The average molecular weight is 530 g/mol. The molecule has 34 heavy (non-hydrogen) atoms. The fourth-order valence-corrected chi connectivity index (χ4v) is 5.03. The molecule has 3 aromatic rings. The molecule has 0 amide bonds.